The summed E-state index contributed by atoms with van der Waals surface area (Å²) >= 11 is 11.7. The fraction of sp³-hybridized carbons (Fsp3) is 0.214. The molecule has 1 N–H and O–H groups in total. The fourth-order valence-corrected chi connectivity index (χ4v) is 2.18. The normalized spacial score (nSPS) is 13.0. The highest BCUT2D eigenvalue weighted by Gasteiger charge is 2.31. The second-order valence-corrected chi connectivity index (χ2v) is 5.32. The summed E-state index contributed by atoms with van der Waals surface area (Å²) in [5.41, 5.74) is -0.00581. The van der Waals surface area contributed by atoms with Gasteiger partial charge in [0.15, 0.2) is 0 Å². The predicted molar refractivity (Wildman–Crippen MR) is 77.7 cm³/mol. The maximum atomic E-state index is 12.5. The molecule has 1 heterocycles. The second kappa shape index (κ2) is 6.12. The smallest absolute Gasteiger partial charge is 0.362 e. The maximum Gasteiger partial charge on any atom is 0.417 e. The van der Waals surface area contributed by atoms with Crippen LogP contribution in [0.1, 0.15) is 24.1 Å². The molecule has 0 amide bonds. The van der Waals surface area contributed by atoms with Crippen molar-refractivity contribution in [2.45, 2.75) is 19.1 Å². The minimum absolute atomic E-state index is 0.0845. The van der Waals surface area contributed by atoms with Crippen LogP contribution in [-0.4, -0.2) is 4.98 Å². The van der Waals surface area contributed by atoms with Crippen molar-refractivity contribution >= 4 is 29.0 Å². The Morgan fingerprint density at radius 3 is 2.48 bits per heavy atom. The number of hydrogen-bond acceptors (Lipinski definition) is 2. The molecule has 1 atom stereocenters. The van der Waals surface area contributed by atoms with Crippen LogP contribution in [0.15, 0.2) is 36.5 Å². The summed E-state index contributed by atoms with van der Waals surface area (Å²) in [5.74, 6) is 0.192. The van der Waals surface area contributed by atoms with Gasteiger partial charge < -0.3 is 5.32 Å². The van der Waals surface area contributed by atoms with Crippen molar-refractivity contribution in [3.8, 4) is 0 Å². The van der Waals surface area contributed by atoms with E-state index in [4.69, 9.17) is 23.2 Å². The molecule has 112 valence electrons. The van der Waals surface area contributed by atoms with Crippen LogP contribution in [0.3, 0.4) is 0 Å². The van der Waals surface area contributed by atoms with E-state index in [0.717, 1.165) is 17.8 Å². The molecule has 0 aliphatic rings. The fourth-order valence-electron chi connectivity index (χ4n) is 1.76. The molecule has 7 heteroatoms. The van der Waals surface area contributed by atoms with E-state index in [0.29, 0.717) is 5.02 Å². The topological polar surface area (TPSA) is 24.9 Å². The number of aromatic nitrogens is 1. The SMILES string of the molecule is CC(Nc1ncc(C(F)(F)F)cc1Cl)c1cccc(Cl)c1. The Bertz CT molecular complexity index is 644. The average Bonchev–Trinajstić information content (AvgIpc) is 2.39. The van der Waals surface area contributed by atoms with Crippen LogP contribution in [-0.2, 0) is 6.18 Å². The monoisotopic (exact) mass is 334 g/mol. The van der Waals surface area contributed by atoms with Gasteiger partial charge in [-0.25, -0.2) is 4.98 Å². The van der Waals surface area contributed by atoms with E-state index in [1.165, 1.54) is 0 Å². The molecule has 0 spiro atoms. The molecular formula is C14H11Cl2F3N2. The van der Waals surface area contributed by atoms with Crippen LogP contribution in [0, 0.1) is 0 Å². The van der Waals surface area contributed by atoms with Crippen molar-refractivity contribution < 1.29 is 13.2 Å². The summed E-state index contributed by atoms with van der Waals surface area (Å²) in [4.78, 5) is 3.74. The third kappa shape index (κ3) is 4.02. The third-order valence-corrected chi connectivity index (χ3v) is 3.39. The Balaban J connectivity index is 2.20. The van der Waals surface area contributed by atoms with E-state index in [1.807, 2.05) is 13.0 Å². The lowest BCUT2D eigenvalue weighted by Gasteiger charge is -2.17. The molecule has 0 fully saturated rings. The van der Waals surface area contributed by atoms with Gasteiger partial charge in [-0.2, -0.15) is 13.2 Å². The summed E-state index contributed by atoms with van der Waals surface area (Å²) in [6.07, 6.45) is -3.72. The van der Waals surface area contributed by atoms with Crippen LogP contribution in [0.25, 0.3) is 0 Å². The number of alkyl halides is 3. The number of halogens is 5. The van der Waals surface area contributed by atoms with Gasteiger partial charge in [0.25, 0.3) is 0 Å². The predicted octanol–water partition coefficient (Wildman–Crippen LogP) is 5.58. The Hall–Kier alpha value is -1.46. The largest absolute Gasteiger partial charge is 0.417 e. The first kappa shape index (κ1) is 15.9. The third-order valence-electron chi connectivity index (χ3n) is 2.87. The van der Waals surface area contributed by atoms with E-state index in [9.17, 15) is 13.2 Å². The van der Waals surface area contributed by atoms with E-state index in [1.54, 1.807) is 18.2 Å². The van der Waals surface area contributed by atoms with Gasteiger partial charge in [0.1, 0.15) is 5.82 Å². The first-order valence-electron chi connectivity index (χ1n) is 6.02. The number of rotatable bonds is 3. The summed E-state index contributed by atoms with van der Waals surface area (Å²) in [6.45, 7) is 1.83. The van der Waals surface area contributed by atoms with Crippen molar-refractivity contribution in [3.05, 3.63) is 57.7 Å². The Morgan fingerprint density at radius 1 is 1.19 bits per heavy atom. The summed E-state index contributed by atoms with van der Waals surface area (Å²) in [5, 5.41) is 3.46. The molecule has 0 bridgehead atoms. The number of benzene rings is 1. The molecule has 1 aromatic carbocycles. The molecule has 1 unspecified atom stereocenters. The summed E-state index contributed by atoms with van der Waals surface area (Å²) in [7, 11) is 0. The molecule has 0 aliphatic heterocycles. The molecule has 2 aromatic rings. The van der Waals surface area contributed by atoms with Crippen LogP contribution in [0.5, 0.6) is 0 Å². The van der Waals surface area contributed by atoms with Crippen LogP contribution in [0.4, 0.5) is 19.0 Å². The van der Waals surface area contributed by atoms with Gasteiger partial charge in [-0.1, -0.05) is 35.3 Å². The Morgan fingerprint density at radius 2 is 1.90 bits per heavy atom. The Kier molecular flexibility index (Phi) is 4.64. The van der Waals surface area contributed by atoms with Crippen molar-refractivity contribution in [1.29, 1.82) is 0 Å². The maximum absolute atomic E-state index is 12.5. The molecule has 2 rings (SSSR count). The van der Waals surface area contributed by atoms with Crippen LogP contribution in [0.2, 0.25) is 10.0 Å². The van der Waals surface area contributed by atoms with Crippen LogP contribution < -0.4 is 5.32 Å². The van der Waals surface area contributed by atoms with Crippen molar-refractivity contribution in [2.24, 2.45) is 0 Å². The molecule has 2 nitrogen and oxygen atoms in total. The quantitative estimate of drug-likeness (QED) is 0.792. The van der Waals surface area contributed by atoms with E-state index in [-0.39, 0.29) is 16.9 Å². The zero-order valence-electron chi connectivity index (χ0n) is 10.9. The first-order valence-corrected chi connectivity index (χ1v) is 6.77. The van der Waals surface area contributed by atoms with Gasteiger partial charge in [-0.3, -0.25) is 0 Å². The number of pyridine rings is 1. The second-order valence-electron chi connectivity index (χ2n) is 4.47. The lowest BCUT2D eigenvalue weighted by molar-refractivity contribution is -0.137. The first-order chi connectivity index (χ1) is 9.77. The lowest BCUT2D eigenvalue weighted by atomic mass is 10.1. The van der Waals surface area contributed by atoms with Gasteiger partial charge >= 0.3 is 6.18 Å². The highest BCUT2D eigenvalue weighted by atomic mass is 35.5. The average molecular weight is 335 g/mol. The van der Waals surface area contributed by atoms with Crippen molar-refractivity contribution in [1.82, 2.24) is 4.98 Å². The van der Waals surface area contributed by atoms with Gasteiger partial charge in [0, 0.05) is 11.2 Å². The van der Waals surface area contributed by atoms with Gasteiger partial charge in [0.2, 0.25) is 0 Å². The minimum atomic E-state index is -4.46. The number of hydrogen-bond donors (Lipinski definition) is 1. The highest BCUT2D eigenvalue weighted by Crippen LogP contribution is 2.33. The van der Waals surface area contributed by atoms with E-state index < -0.39 is 11.7 Å². The molecule has 0 radical (unpaired) electrons. The van der Waals surface area contributed by atoms with Crippen molar-refractivity contribution in [2.75, 3.05) is 5.32 Å². The molecule has 21 heavy (non-hydrogen) atoms. The molecular weight excluding hydrogens is 324 g/mol. The summed E-state index contributed by atoms with van der Waals surface area (Å²) < 4.78 is 37.6. The number of nitrogens with one attached hydrogen (secondary N) is 1. The van der Waals surface area contributed by atoms with Crippen molar-refractivity contribution in [3.63, 3.8) is 0 Å². The van der Waals surface area contributed by atoms with Gasteiger partial charge in [-0.05, 0) is 30.7 Å². The standard InChI is InChI=1S/C14H11Cl2F3N2/c1-8(9-3-2-4-11(15)5-9)21-13-12(16)6-10(7-20-13)14(17,18)19/h2-8H,1H3,(H,20,21). The molecule has 1 aromatic heterocycles. The lowest BCUT2D eigenvalue weighted by Crippen LogP contribution is -2.10. The Labute approximate surface area is 129 Å². The van der Waals surface area contributed by atoms with Crippen LogP contribution >= 0.6 is 23.2 Å². The highest BCUT2D eigenvalue weighted by molar-refractivity contribution is 6.33. The van der Waals surface area contributed by atoms with E-state index in [2.05, 4.69) is 10.3 Å². The number of anilines is 1. The molecule has 0 saturated heterocycles. The van der Waals surface area contributed by atoms with Gasteiger partial charge in [-0.15, -0.1) is 0 Å². The van der Waals surface area contributed by atoms with Gasteiger partial charge in [0.05, 0.1) is 16.6 Å². The number of nitrogens with zero attached hydrogens (tertiary/aromatic N) is 1. The zero-order chi connectivity index (χ0) is 15.6. The summed E-state index contributed by atoms with van der Waals surface area (Å²) in [6, 6.07) is 7.78. The molecule has 0 aliphatic carbocycles. The van der Waals surface area contributed by atoms with E-state index >= 15 is 0 Å². The minimum Gasteiger partial charge on any atom is -0.362 e. The zero-order valence-corrected chi connectivity index (χ0v) is 12.4. The molecule has 0 saturated carbocycles.